The van der Waals surface area contributed by atoms with Crippen molar-refractivity contribution in [1.82, 2.24) is 0 Å². The average Bonchev–Trinajstić information content (AvgIpc) is 2.34. The summed E-state index contributed by atoms with van der Waals surface area (Å²) in [5, 5.41) is 8.30. The molecule has 1 N–H and O–H groups in total. The molecular formula is C16H24O2. The molecular weight excluding hydrogens is 224 g/mol. The molecule has 0 bridgehead atoms. The number of aliphatic carboxylic acids is 1. The molecule has 0 unspecified atom stereocenters. The van der Waals surface area contributed by atoms with E-state index in [-0.39, 0.29) is 0 Å². The summed E-state index contributed by atoms with van der Waals surface area (Å²) < 4.78 is 0. The second-order valence-electron chi connectivity index (χ2n) is 4.33. The number of unbranched alkanes of at least 4 members (excludes halogenated alkanes) is 8. The topological polar surface area (TPSA) is 37.3 Å². The van der Waals surface area contributed by atoms with Gasteiger partial charge in [0.05, 0.1) is 0 Å². The Morgan fingerprint density at radius 3 is 1.83 bits per heavy atom. The molecule has 0 radical (unpaired) electrons. The molecule has 0 aromatic heterocycles. The molecule has 0 rings (SSSR count). The van der Waals surface area contributed by atoms with Gasteiger partial charge in [-0.25, -0.2) is 4.79 Å². The van der Waals surface area contributed by atoms with Crippen molar-refractivity contribution in [3.63, 3.8) is 0 Å². The van der Waals surface area contributed by atoms with E-state index >= 15 is 0 Å². The lowest BCUT2D eigenvalue weighted by atomic mass is 10.1. The zero-order valence-corrected chi connectivity index (χ0v) is 11.4. The molecule has 0 fully saturated rings. The van der Waals surface area contributed by atoms with Crippen LogP contribution in [-0.2, 0) is 4.79 Å². The summed E-state index contributed by atoms with van der Waals surface area (Å²) in [4.78, 5) is 10.1. The van der Waals surface area contributed by atoms with Crippen LogP contribution in [0.2, 0.25) is 0 Å². The third kappa shape index (κ3) is 14.6. The molecule has 18 heavy (non-hydrogen) atoms. The molecule has 100 valence electrons. The Morgan fingerprint density at radius 2 is 1.33 bits per heavy atom. The van der Waals surface area contributed by atoms with Crippen LogP contribution in [-0.4, -0.2) is 11.1 Å². The first-order valence-electron chi connectivity index (χ1n) is 6.95. The van der Waals surface area contributed by atoms with Gasteiger partial charge in [0.2, 0.25) is 0 Å². The average molecular weight is 248 g/mol. The third-order valence-electron chi connectivity index (χ3n) is 2.58. The maximum atomic E-state index is 10.1. The van der Waals surface area contributed by atoms with Crippen LogP contribution < -0.4 is 0 Å². The Balaban J connectivity index is 3.23. The van der Waals surface area contributed by atoms with Crippen LogP contribution in [0.3, 0.4) is 0 Å². The van der Waals surface area contributed by atoms with E-state index in [1.165, 1.54) is 25.7 Å². The van der Waals surface area contributed by atoms with Crippen molar-refractivity contribution in [3.8, 4) is 23.7 Å². The van der Waals surface area contributed by atoms with Gasteiger partial charge < -0.3 is 5.11 Å². The molecule has 0 aliphatic heterocycles. The number of rotatable bonds is 8. The highest BCUT2D eigenvalue weighted by Gasteiger charge is 1.87. The zero-order chi connectivity index (χ0) is 13.5. The summed E-state index contributed by atoms with van der Waals surface area (Å²) in [5.74, 6) is 10.1. The van der Waals surface area contributed by atoms with Crippen molar-refractivity contribution < 1.29 is 9.90 Å². The minimum absolute atomic E-state index is 0.677. The van der Waals surface area contributed by atoms with Crippen molar-refractivity contribution in [2.24, 2.45) is 0 Å². The molecule has 2 heteroatoms. The maximum absolute atomic E-state index is 10.1. The van der Waals surface area contributed by atoms with E-state index in [1.807, 2.05) is 0 Å². The molecule has 0 amide bonds. The van der Waals surface area contributed by atoms with Crippen LogP contribution in [0.15, 0.2) is 0 Å². The van der Waals surface area contributed by atoms with E-state index in [0.717, 1.165) is 32.1 Å². The summed E-state index contributed by atoms with van der Waals surface area (Å²) in [6, 6.07) is 0. The summed E-state index contributed by atoms with van der Waals surface area (Å²) in [6.07, 6.45) is 10.9. The van der Waals surface area contributed by atoms with Gasteiger partial charge in [-0.2, -0.15) is 0 Å². The number of carboxylic acids is 1. The van der Waals surface area contributed by atoms with Gasteiger partial charge in [-0.3, -0.25) is 0 Å². The Kier molecular flexibility index (Phi) is 12.6. The van der Waals surface area contributed by atoms with E-state index in [1.54, 1.807) is 0 Å². The first kappa shape index (κ1) is 16.6. The van der Waals surface area contributed by atoms with E-state index < -0.39 is 5.97 Å². The Morgan fingerprint density at radius 1 is 0.833 bits per heavy atom. The lowest BCUT2D eigenvalue weighted by molar-refractivity contribution is -0.130. The first-order valence-corrected chi connectivity index (χ1v) is 6.95. The molecule has 0 atom stereocenters. The standard InChI is InChI=1S/C16H24O2/c1-2-3-4-5-6-7-8-9-10-11-12-13-14-15-16(17)18/h2-6,9-13H2,1H3,(H,17,18). The Hall–Kier alpha value is -1.41. The molecule has 0 saturated carbocycles. The summed E-state index contributed by atoms with van der Waals surface area (Å²) in [7, 11) is 0. The van der Waals surface area contributed by atoms with Crippen LogP contribution >= 0.6 is 0 Å². The number of hydrogen-bond donors (Lipinski definition) is 1. The van der Waals surface area contributed by atoms with Crippen molar-refractivity contribution in [2.75, 3.05) is 0 Å². The zero-order valence-electron chi connectivity index (χ0n) is 11.4. The molecule has 2 nitrogen and oxygen atoms in total. The highest BCUT2D eigenvalue weighted by molar-refractivity contribution is 5.86. The van der Waals surface area contributed by atoms with Crippen LogP contribution in [0, 0.1) is 23.7 Å². The Bertz CT molecular complexity index is 322. The number of carbonyl (C=O) groups is 1. The van der Waals surface area contributed by atoms with Crippen LogP contribution in [0.25, 0.3) is 0 Å². The molecule has 0 aliphatic carbocycles. The predicted molar refractivity (Wildman–Crippen MR) is 75.0 cm³/mol. The maximum Gasteiger partial charge on any atom is 0.381 e. The fraction of sp³-hybridized carbons (Fsp3) is 0.688. The number of hydrogen-bond acceptors (Lipinski definition) is 1. The number of carboxylic acid groups (broad SMARTS) is 1. The fourth-order valence-electron chi connectivity index (χ4n) is 1.56. The fourth-order valence-corrected chi connectivity index (χ4v) is 1.56. The van der Waals surface area contributed by atoms with Crippen LogP contribution in [0.4, 0.5) is 0 Å². The summed E-state index contributed by atoms with van der Waals surface area (Å²) >= 11 is 0. The lowest BCUT2D eigenvalue weighted by Gasteiger charge is -1.93. The first-order chi connectivity index (χ1) is 8.77. The molecule has 0 heterocycles. The molecule has 0 aliphatic rings. The van der Waals surface area contributed by atoms with Gasteiger partial charge in [-0.05, 0) is 19.3 Å². The van der Waals surface area contributed by atoms with Crippen molar-refractivity contribution >= 4 is 5.97 Å². The van der Waals surface area contributed by atoms with Crippen molar-refractivity contribution in [3.05, 3.63) is 0 Å². The van der Waals surface area contributed by atoms with Gasteiger partial charge >= 0.3 is 5.97 Å². The largest absolute Gasteiger partial charge is 0.472 e. The highest BCUT2D eigenvalue weighted by Crippen LogP contribution is 2.03. The summed E-state index contributed by atoms with van der Waals surface area (Å²) in [5.41, 5.74) is 0. The van der Waals surface area contributed by atoms with Gasteiger partial charge in [0, 0.05) is 25.2 Å². The van der Waals surface area contributed by atoms with E-state index in [0.29, 0.717) is 6.42 Å². The minimum atomic E-state index is -1.04. The molecule has 0 saturated heterocycles. The Labute approximate surface area is 111 Å². The van der Waals surface area contributed by atoms with Crippen LogP contribution in [0.5, 0.6) is 0 Å². The second kappa shape index (κ2) is 13.7. The molecule has 0 spiro atoms. The summed E-state index contributed by atoms with van der Waals surface area (Å²) in [6.45, 7) is 2.21. The van der Waals surface area contributed by atoms with Crippen molar-refractivity contribution in [2.45, 2.75) is 71.1 Å². The smallest absolute Gasteiger partial charge is 0.381 e. The van der Waals surface area contributed by atoms with Gasteiger partial charge in [0.25, 0.3) is 0 Å². The highest BCUT2D eigenvalue weighted by atomic mass is 16.4. The van der Waals surface area contributed by atoms with Gasteiger partial charge in [-0.15, -0.1) is 11.8 Å². The quantitative estimate of drug-likeness (QED) is 0.521. The molecule has 0 aromatic rings. The van der Waals surface area contributed by atoms with E-state index in [4.69, 9.17) is 5.11 Å². The van der Waals surface area contributed by atoms with E-state index in [9.17, 15) is 4.79 Å². The van der Waals surface area contributed by atoms with Crippen molar-refractivity contribution in [1.29, 1.82) is 0 Å². The van der Waals surface area contributed by atoms with Gasteiger partial charge in [-0.1, -0.05) is 38.5 Å². The SMILES string of the molecule is CCCCCCC#CCCCCCC#CC(=O)O. The monoisotopic (exact) mass is 248 g/mol. The van der Waals surface area contributed by atoms with Gasteiger partial charge in [0.15, 0.2) is 0 Å². The van der Waals surface area contributed by atoms with Crippen LogP contribution in [0.1, 0.15) is 71.1 Å². The minimum Gasteiger partial charge on any atom is -0.472 e. The van der Waals surface area contributed by atoms with Gasteiger partial charge in [0.1, 0.15) is 0 Å². The predicted octanol–water partition coefficient (Wildman–Crippen LogP) is 4.00. The normalized spacial score (nSPS) is 8.94. The third-order valence-corrected chi connectivity index (χ3v) is 2.58. The second-order valence-corrected chi connectivity index (χ2v) is 4.33. The lowest BCUT2D eigenvalue weighted by Crippen LogP contribution is -1.86. The molecule has 0 aromatic carbocycles. The van der Waals surface area contributed by atoms with E-state index in [2.05, 4.69) is 30.6 Å².